The molecule has 0 unspecified atom stereocenters. The SMILES string of the molecule is CS(=O)(=O)N1CCC(Nc2ncc(C(F)(F)F)c(-c3cn(-c4ccc(CN5CCC5=O)cc4Cl)cn3)n2)CC1. The summed E-state index contributed by atoms with van der Waals surface area (Å²) in [5.41, 5.74) is -0.105. The molecule has 3 aromatic rings. The van der Waals surface area contributed by atoms with Crippen LogP contribution in [-0.2, 0) is 27.5 Å². The Morgan fingerprint density at radius 3 is 2.49 bits per heavy atom. The van der Waals surface area contributed by atoms with Gasteiger partial charge in [-0.2, -0.15) is 13.2 Å². The lowest BCUT2D eigenvalue weighted by atomic mass is 10.1. The molecule has 2 aliphatic heterocycles. The number of likely N-dealkylation sites (tertiary alicyclic amines) is 1. The molecule has 1 N–H and O–H groups in total. The van der Waals surface area contributed by atoms with Crippen LogP contribution in [0.1, 0.15) is 30.4 Å². The van der Waals surface area contributed by atoms with Crippen LogP contribution in [0, 0.1) is 0 Å². The van der Waals surface area contributed by atoms with Crippen LogP contribution in [0.2, 0.25) is 5.02 Å². The molecule has 2 fully saturated rings. The maximum atomic E-state index is 13.8. The summed E-state index contributed by atoms with van der Waals surface area (Å²) in [6.07, 6.45) is 1.36. The van der Waals surface area contributed by atoms with Gasteiger partial charge >= 0.3 is 6.18 Å². The van der Waals surface area contributed by atoms with E-state index in [4.69, 9.17) is 11.6 Å². The number of hydrogen-bond acceptors (Lipinski definition) is 7. The van der Waals surface area contributed by atoms with Gasteiger partial charge in [0.05, 0.1) is 17.0 Å². The molecule has 0 bridgehead atoms. The van der Waals surface area contributed by atoms with Gasteiger partial charge in [0.1, 0.15) is 23.3 Å². The highest BCUT2D eigenvalue weighted by molar-refractivity contribution is 7.88. The summed E-state index contributed by atoms with van der Waals surface area (Å²) in [6.45, 7) is 1.72. The lowest BCUT2D eigenvalue weighted by Crippen LogP contribution is -2.42. The Labute approximate surface area is 227 Å². The van der Waals surface area contributed by atoms with Crippen LogP contribution in [0.15, 0.2) is 36.9 Å². The first-order valence-electron chi connectivity index (χ1n) is 12.2. The van der Waals surface area contributed by atoms with E-state index in [0.29, 0.717) is 62.3 Å². The van der Waals surface area contributed by atoms with E-state index >= 15 is 0 Å². The molecule has 2 aromatic heterocycles. The van der Waals surface area contributed by atoms with Gasteiger partial charge in [-0.3, -0.25) is 4.79 Å². The number of carbonyl (C=O) groups excluding carboxylic acids is 1. The molecule has 0 atom stereocenters. The molecule has 10 nitrogen and oxygen atoms in total. The quantitative estimate of drug-likeness (QED) is 0.423. The molecule has 39 heavy (non-hydrogen) atoms. The van der Waals surface area contributed by atoms with E-state index in [2.05, 4.69) is 20.3 Å². The number of carbonyl (C=O) groups is 1. The summed E-state index contributed by atoms with van der Waals surface area (Å²) >= 11 is 6.47. The minimum atomic E-state index is -4.72. The fourth-order valence-electron chi connectivity index (χ4n) is 4.55. The third-order valence-corrected chi connectivity index (χ3v) is 8.39. The van der Waals surface area contributed by atoms with Gasteiger partial charge < -0.3 is 14.8 Å². The zero-order valence-electron chi connectivity index (χ0n) is 20.8. The van der Waals surface area contributed by atoms with Gasteiger partial charge in [-0.1, -0.05) is 17.7 Å². The highest BCUT2D eigenvalue weighted by atomic mass is 35.5. The molecule has 0 aliphatic carbocycles. The van der Waals surface area contributed by atoms with Crippen molar-refractivity contribution in [2.24, 2.45) is 0 Å². The minimum Gasteiger partial charge on any atom is -0.351 e. The topological polar surface area (TPSA) is 113 Å². The van der Waals surface area contributed by atoms with Crippen molar-refractivity contribution in [2.45, 2.75) is 38.0 Å². The minimum absolute atomic E-state index is 0.00622. The normalized spacial score (nSPS) is 17.4. The first-order valence-corrected chi connectivity index (χ1v) is 14.4. The van der Waals surface area contributed by atoms with Crippen LogP contribution in [0.25, 0.3) is 17.1 Å². The number of anilines is 1. The second kappa shape index (κ2) is 10.4. The summed E-state index contributed by atoms with van der Waals surface area (Å²) in [5, 5.41) is 3.38. The van der Waals surface area contributed by atoms with Crippen LogP contribution in [0.5, 0.6) is 0 Å². The van der Waals surface area contributed by atoms with Gasteiger partial charge in [-0.25, -0.2) is 27.7 Å². The van der Waals surface area contributed by atoms with Crippen LogP contribution in [0.4, 0.5) is 19.1 Å². The summed E-state index contributed by atoms with van der Waals surface area (Å²) < 4.78 is 67.9. The van der Waals surface area contributed by atoms with E-state index in [0.717, 1.165) is 11.8 Å². The molecule has 2 saturated heterocycles. The van der Waals surface area contributed by atoms with Crippen LogP contribution in [0.3, 0.4) is 0 Å². The smallest absolute Gasteiger partial charge is 0.351 e. The van der Waals surface area contributed by atoms with E-state index in [1.165, 1.54) is 21.4 Å². The lowest BCUT2D eigenvalue weighted by Gasteiger charge is -2.30. The Balaban J connectivity index is 1.37. The Morgan fingerprint density at radius 2 is 1.90 bits per heavy atom. The number of hydrogen-bond donors (Lipinski definition) is 1. The van der Waals surface area contributed by atoms with Crippen molar-refractivity contribution in [3.8, 4) is 17.1 Å². The first kappa shape index (κ1) is 27.3. The molecule has 0 radical (unpaired) electrons. The average Bonchev–Trinajstić information content (AvgIpc) is 3.35. The number of sulfonamides is 1. The number of aromatic nitrogens is 4. The zero-order valence-corrected chi connectivity index (χ0v) is 22.4. The lowest BCUT2D eigenvalue weighted by molar-refractivity contribution is -0.140. The number of halogens is 4. The number of rotatable bonds is 7. The van der Waals surface area contributed by atoms with Gasteiger partial charge in [0, 0.05) is 51.0 Å². The number of imidazole rings is 1. The van der Waals surface area contributed by atoms with Gasteiger partial charge in [0.25, 0.3) is 0 Å². The summed E-state index contributed by atoms with van der Waals surface area (Å²) in [4.78, 5) is 25.5. The monoisotopic (exact) mass is 583 g/mol. The maximum absolute atomic E-state index is 13.8. The van der Waals surface area contributed by atoms with E-state index in [9.17, 15) is 26.4 Å². The van der Waals surface area contributed by atoms with Crippen molar-refractivity contribution in [1.82, 2.24) is 28.7 Å². The number of piperidine rings is 1. The molecule has 0 spiro atoms. The average molecular weight is 584 g/mol. The number of nitrogens with one attached hydrogen (secondary N) is 1. The predicted octanol–water partition coefficient (Wildman–Crippen LogP) is 3.57. The maximum Gasteiger partial charge on any atom is 0.420 e. The molecule has 2 aliphatic rings. The number of nitrogens with zero attached hydrogens (tertiary/aromatic N) is 6. The van der Waals surface area contributed by atoms with Crippen molar-refractivity contribution in [3.05, 3.63) is 53.1 Å². The van der Waals surface area contributed by atoms with Crippen molar-refractivity contribution < 1.29 is 26.4 Å². The molecular formula is C24H25ClF3N7O3S. The van der Waals surface area contributed by atoms with E-state index in [1.54, 1.807) is 23.1 Å². The summed E-state index contributed by atoms with van der Waals surface area (Å²) in [5.74, 6) is 0.0706. The fourth-order valence-corrected chi connectivity index (χ4v) is 5.73. The highest BCUT2D eigenvalue weighted by Gasteiger charge is 2.36. The fraction of sp³-hybridized carbons (Fsp3) is 0.417. The van der Waals surface area contributed by atoms with E-state index in [-0.39, 0.29) is 23.6 Å². The predicted molar refractivity (Wildman–Crippen MR) is 138 cm³/mol. The van der Waals surface area contributed by atoms with Gasteiger partial charge in [0.15, 0.2) is 0 Å². The van der Waals surface area contributed by atoms with Gasteiger partial charge in [0.2, 0.25) is 21.9 Å². The van der Waals surface area contributed by atoms with Crippen molar-refractivity contribution in [1.29, 1.82) is 0 Å². The second-order valence-electron chi connectivity index (χ2n) is 9.55. The molecule has 0 saturated carbocycles. The standard InChI is InChI=1S/C24H25ClF3N7O3S/c1-39(37,38)35-8-4-16(5-9-35)31-23-29-11-17(24(26,27)28)22(32-23)19-13-34(14-30-19)20-3-2-15(10-18(20)25)12-33-7-6-21(33)36/h2-3,10-11,13-14,16H,4-9,12H2,1H3,(H,29,31,32). The van der Waals surface area contributed by atoms with Crippen molar-refractivity contribution in [2.75, 3.05) is 31.2 Å². The Bertz CT molecular complexity index is 1500. The summed E-state index contributed by atoms with van der Waals surface area (Å²) in [7, 11) is -3.31. The molecule has 208 valence electrons. The Hall–Kier alpha value is -3.23. The van der Waals surface area contributed by atoms with Crippen molar-refractivity contribution >= 4 is 33.5 Å². The van der Waals surface area contributed by atoms with Crippen LogP contribution in [-0.4, -0.2) is 75.0 Å². The summed E-state index contributed by atoms with van der Waals surface area (Å²) in [6, 6.07) is 5.03. The van der Waals surface area contributed by atoms with Gasteiger partial charge in [-0.15, -0.1) is 0 Å². The third kappa shape index (κ3) is 6.02. The number of amides is 1. The largest absolute Gasteiger partial charge is 0.420 e. The van der Waals surface area contributed by atoms with Gasteiger partial charge in [-0.05, 0) is 30.5 Å². The molecule has 1 amide bonds. The highest BCUT2D eigenvalue weighted by Crippen LogP contribution is 2.36. The molecule has 5 rings (SSSR count). The molecule has 1 aromatic carbocycles. The molecular weight excluding hydrogens is 559 g/mol. The number of benzene rings is 1. The third-order valence-electron chi connectivity index (χ3n) is 6.79. The molecule has 4 heterocycles. The second-order valence-corrected chi connectivity index (χ2v) is 11.9. The molecule has 15 heteroatoms. The van der Waals surface area contributed by atoms with Crippen molar-refractivity contribution in [3.63, 3.8) is 0 Å². The number of alkyl halides is 3. The number of β-lactam (4-membered cyclic amide) rings is 1. The van der Waals surface area contributed by atoms with E-state index < -0.39 is 27.5 Å². The van der Waals surface area contributed by atoms with Crippen LogP contribution >= 0.6 is 11.6 Å². The van der Waals surface area contributed by atoms with E-state index in [1.807, 2.05) is 0 Å². The Morgan fingerprint density at radius 1 is 1.15 bits per heavy atom. The Kier molecular flexibility index (Phi) is 7.29. The first-order chi connectivity index (χ1) is 18.4. The zero-order chi connectivity index (χ0) is 27.9. The van der Waals surface area contributed by atoms with Crippen LogP contribution < -0.4 is 5.32 Å².